The van der Waals surface area contributed by atoms with E-state index in [1.54, 1.807) is 78.9 Å². The maximum Gasteiger partial charge on any atom is 0.272 e. The topological polar surface area (TPSA) is 95.6 Å². The normalized spacial score (nSPS) is 14.9. The van der Waals surface area contributed by atoms with Crippen LogP contribution in [0.2, 0.25) is 5.02 Å². The van der Waals surface area contributed by atoms with Gasteiger partial charge >= 0.3 is 0 Å². The molecule has 6 rings (SSSR count). The van der Waals surface area contributed by atoms with E-state index < -0.39 is 17.1 Å². The van der Waals surface area contributed by atoms with Gasteiger partial charge in [-0.3, -0.25) is 19.2 Å². The Morgan fingerprint density at radius 1 is 0.800 bits per heavy atom. The number of fused-ring (bicyclic) bond motifs is 1. The van der Waals surface area contributed by atoms with Crippen molar-refractivity contribution >= 4 is 75.2 Å². The van der Waals surface area contributed by atoms with Crippen molar-refractivity contribution in [2.45, 2.75) is 16.6 Å². The summed E-state index contributed by atoms with van der Waals surface area (Å²) in [5, 5.41) is 7.54. The molecule has 0 aromatic heterocycles. The molecule has 1 unspecified atom stereocenters. The predicted molar refractivity (Wildman–Crippen MR) is 179 cm³/mol. The average Bonchev–Trinajstić information content (AvgIpc) is 3.34. The number of benzene rings is 5. The van der Waals surface area contributed by atoms with Crippen molar-refractivity contribution in [2.24, 2.45) is 0 Å². The Kier molecular flexibility index (Phi) is 8.77. The van der Waals surface area contributed by atoms with Gasteiger partial charge in [-0.1, -0.05) is 72.3 Å². The average molecular weight is 632 g/mol. The Bertz CT molecular complexity index is 1940. The number of imide groups is 1. The van der Waals surface area contributed by atoms with Gasteiger partial charge in [0.05, 0.1) is 10.9 Å². The van der Waals surface area contributed by atoms with E-state index in [1.807, 2.05) is 48.5 Å². The second-order valence-corrected chi connectivity index (χ2v) is 12.0. The zero-order valence-electron chi connectivity index (χ0n) is 23.8. The lowest BCUT2D eigenvalue weighted by atomic mass is 10.0. The predicted octanol–water partition coefficient (Wildman–Crippen LogP) is 7.33. The molecular formula is C36H26ClN3O4S. The van der Waals surface area contributed by atoms with E-state index in [2.05, 4.69) is 10.6 Å². The van der Waals surface area contributed by atoms with Crippen LogP contribution in [0.15, 0.2) is 132 Å². The first-order chi connectivity index (χ1) is 21.9. The summed E-state index contributed by atoms with van der Waals surface area (Å²) in [4.78, 5) is 54.3. The lowest BCUT2D eigenvalue weighted by Gasteiger charge is -2.15. The highest BCUT2D eigenvalue weighted by Crippen LogP contribution is 2.35. The molecule has 5 aromatic carbocycles. The number of halogens is 1. The number of anilines is 2. The number of carbonyl (C=O) groups excluding carboxylic acids is 4. The van der Waals surface area contributed by atoms with Crippen LogP contribution < -0.4 is 15.5 Å². The monoisotopic (exact) mass is 631 g/mol. The third kappa shape index (κ3) is 6.82. The molecule has 45 heavy (non-hydrogen) atoms. The number of nitrogens with zero attached hydrogens (tertiary/aromatic N) is 1. The first-order valence-electron chi connectivity index (χ1n) is 14.1. The third-order valence-corrected chi connectivity index (χ3v) is 8.68. The van der Waals surface area contributed by atoms with E-state index >= 15 is 0 Å². The van der Waals surface area contributed by atoms with Crippen molar-refractivity contribution in [3.8, 4) is 0 Å². The van der Waals surface area contributed by atoms with Gasteiger partial charge in [0.15, 0.2) is 0 Å². The molecule has 1 aliphatic rings. The van der Waals surface area contributed by atoms with E-state index in [0.29, 0.717) is 22.0 Å². The quantitative estimate of drug-likeness (QED) is 0.138. The van der Waals surface area contributed by atoms with Crippen LogP contribution in [0.5, 0.6) is 0 Å². The van der Waals surface area contributed by atoms with Gasteiger partial charge in [0, 0.05) is 27.6 Å². The van der Waals surface area contributed by atoms with Crippen molar-refractivity contribution in [3.63, 3.8) is 0 Å². The molecule has 0 saturated carbocycles. The molecule has 1 saturated heterocycles. The molecule has 4 amide bonds. The van der Waals surface area contributed by atoms with Gasteiger partial charge in [-0.05, 0) is 83.1 Å². The fraction of sp³-hybridized carbons (Fsp3) is 0.0556. The van der Waals surface area contributed by atoms with Crippen LogP contribution in [0.3, 0.4) is 0 Å². The smallest absolute Gasteiger partial charge is 0.272 e. The Hall–Kier alpha value is -5.18. The summed E-state index contributed by atoms with van der Waals surface area (Å²) in [7, 11) is 0. The minimum Gasteiger partial charge on any atom is -0.321 e. The molecule has 1 atom stereocenters. The van der Waals surface area contributed by atoms with Gasteiger partial charge in [-0.2, -0.15) is 0 Å². The fourth-order valence-electron chi connectivity index (χ4n) is 5.01. The van der Waals surface area contributed by atoms with Gasteiger partial charge in [0.25, 0.3) is 11.8 Å². The van der Waals surface area contributed by atoms with E-state index in [-0.39, 0.29) is 23.9 Å². The molecule has 222 valence electrons. The van der Waals surface area contributed by atoms with E-state index in [1.165, 1.54) is 16.7 Å². The van der Waals surface area contributed by atoms with Crippen molar-refractivity contribution in [1.29, 1.82) is 0 Å². The SMILES string of the molecule is O=C(Nc1ccc(SC2CC(=O)N(c3ccc(Cl)cc3)C2=O)cc1)/C(=C/c1cccc2ccccc12)NC(=O)c1ccccc1. The molecule has 0 bridgehead atoms. The molecular weight excluding hydrogens is 606 g/mol. The Morgan fingerprint density at radius 3 is 2.24 bits per heavy atom. The molecule has 0 aliphatic carbocycles. The first kappa shape index (κ1) is 29.9. The molecule has 1 fully saturated rings. The number of hydrogen-bond donors (Lipinski definition) is 2. The highest BCUT2D eigenvalue weighted by atomic mass is 35.5. The van der Waals surface area contributed by atoms with Crippen LogP contribution in [-0.4, -0.2) is 28.9 Å². The van der Waals surface area contributed by atoms with Gasteiger partial charge in [-0.25, -0.2) is 4.90 Å². The summed E-state index contributed by atoms with van der Waals surface area (Å²) in [5.74, 6) is -1.47. The second kappa shape index (κ2) is 13.2. The number of hydrogen-bond acceptors (Lipinski definition) is 5. The van der Waals surface area contributed by atoms with Crippen LogP contribution in [0.25, 0.3) is 16.8 Å². The summed E-state index contributed by atoms with van der Waals surface area (Å²) in [5.41, 5.74) is 2.27. The van der Waals surface area contributed by atoms with Crippen LogP contribution >= 0.6 is 23.4 Å². The molecule has 1 aliphatic heterocycles. The minimum atomic E-state index is -0.572. The Balaban J connectivity index is 1.19. The van der Waals surface area contributed by atoms with E-state index in [4.69, 9.17) is 11.6 Å². The number of nitrogens with one attached hydrogen (secondary N) is 2. The number of amides is 4. The largest absolute Gasteiger partial charge is 0.321 e. The lowest BCUT2D eigenvalue weighted by Crippen LogP contribution is -2.31. The third-order valence-electron chi connectivity index (χ3n) is 7.23. The van der Waals surface area contributed by atoms with E-state index in [0.717, 1.165) is 21.2 Å². The molecule has 1 heterocycles. The number of carbonyl (C=O) groups is 4. The van der Waals surface area contributed by atoms with Crippen LogP contribution in [0.1, 0.15) is 22.3 Å². The van der Waals surface area contributed by atoms with Crippen molar-refractivity contribution < 1.29 is 19.2 Å². The highest BCUT2D eigenvalue weighted by molar-refractivity contribution is 8.00. The Labute approximate surface area is 268 Å². The van der Waals surface area contributed by atoms with Gasteiger partial charge in [0.1, 0.15) is 5.70 Å². The van der Waals surface area contributed by atoms with Gasteiger partial charge < -0.3 is 10.6 Å². The molecule has 7 nitrogen and oxygen atoms in total. The molecule has 2 N–H and O–H groups in total. The number of thioether (sulfide) groups is 1. The first-order valence-corrected chi connectivity index (χ1v) is 15.4. The van der Waals surface area contributed by atoms with Crippen LogP contribution in [-0.2, 0) is 14.4 Å². The maximum atomic E-state index is 13.6. The summed E-state index contributed by atoms with van der Waals surface area (Å²) in [6, 6.07) is 35.8. The highest BCUT2D eigenvalue weighted by Gasteiger charge is 2.40. The summed E-state index contributed by atoms with van der Waals surface area (Å²) >= 11 is 7.24. The summed E-state index contributed by atoms with van der Waals surface area (Å²) < 4.78 is 0. The zero-order chi connectivity index (χ0) is 31.3. The zero-order valence-corrected chi connectivity index (χ0v) is 25.3. The van der Waals surface area contributed by atoms with Crippen LogP contribution in [0.4, 0.5) is 11.4 Å². The van der Waals surface area contributed by atoms with Crippen molar-refractivity contribution in [1.82, 2.24) is 5.32 Å². The standard InChI is InChI=1S/C36H26ClN3O4S/c37-26-13-17-28(18-14-26)40-33(41)22-32(36(40)44)45-29-19-15-27(16-20-29)38-35(43)31(39-34(42)24-8-2-1-3-9-24)21-25-11-6-10-23-7-4-5-12-30(23)25/h1-21,32H,22H2,(H,38,43)(H,39,42)/b31-21-. The lowest BCUT2D eigenvalue weighted by molar-refractivity contribution is -0.121. The molecule has 0 spiro atoms. The van der Waals surface area contributed by atoms with E-state index in [9.17, 15) is 19.2 Å². The Morgan fingerprint density at radius 2 is 1.49 bits per heavy atom. The van der Waals surface area contributed by atoms with Crippen molar-refractivity contribution in [2.75, 3.05) is 10.2 Å². The molecule has 5 aromatic rings. The minimum absolute atomic E-state index is 0.0774. The molecule has 0 radical (unpaired) electrons. The number of rotatable bonds is 8. The fourth-order valence-corrected chi connectivity index (χ4v) is 6.19. The van der Waals surface area contributed by atoms with Gasteiger partial charge in [0.2, 0.25) is 11.8 Å². The van der Waals surface area contributed by atoms with Gasteiger partial charge in [-0.15, -0.1) is 11.8 Å². The van der Waals surface area contributed by atoms with Crippen molar-refractivity contribution in [3.05, 3.63) is 143 Å². The molecule has 9 heteroatoms. The summed E-state index contributed by atoms with van der Waals surface area (Å²) in [6.45, 7) is 0. The van der Waals surface area contributed by atoms with Crippen LogP contribution in [0, 0.1) is 0 Å². The maximum absolute atomic E-state index is 13.6. The second-order valence-electron chi connectivity index (χ2n) is 10.3. The summed E-state index contributed by atoms with van der Waals surface area (Å²) in [6.07, 6.45) is 1.74.